The molecule has 6 nitrogen and oxygen atoms in total. The van der Waals surface area contributed by atoms with E-state index in [1.165, 1.54) is 12.8 Å². The van der Waals surface area contributed by atoms with Gasteiger partial charge in [-0.2, -0.15) is 0 Å². The van der Waals surface area contributed by atoms with Crippen LogP contribution in [0, 0.1) is 5.92 Å². The number of ether oxygens (including phenoxy) is 1. The van der Waals surface area contributed by atoms with Crippen LogP contribution in [0.3, 0.4) is 0 Å². The van der Waals surface area contributed by atoms with Crippen molar-refractivity contribution in [1.29, 1.82) is 0 Å². The maximum absolute atomic E-state index is 12.3. The van der Waals surface area contributed by atoms with Crippen LogP contribution >= 0.6 is 0 Å². The molecule has 1 aliphatic heterocycles. The monoisotopic (exact) mass is 302 g/mol. The second-order valence-corrected chi connectivity index (χ2v) is 5.72. The molecule has 22 heavy (non-hydrogen) atoms. The smallest absolute Gasteiger partial charge is 0.312 e. The highest BCUT2D eigenvalue weighted by Gasteiger charge is 2.26. The van der Waals surface area contributed by atoms with Crippen LogP contribution in [0.2, 0.25) is 0 Å². The maximum Gasteiger partial charge on any atom is 0.312 e. The second kappa shape index (κ2) is 6.87. The van der Waals surface area contributed by atoms with Crippen molar-refractivity contribution in [2.24, 2.45) is 5.92 Å². The molecule has 1 atom stereocenters. The van der Waals surface area contributed by atoms with Gasteiger partial charge in [-0.05, 0) is 45.0 Å². The molecule has 1 aromatic carbocycles. The fourth-order valence-corrected chi connectivity index (χ4v) is 3.00. The van der Waals surface area contributed by atoms with Gasteiger partial charge < -0.3 is 9.64 Å². The van der Waals surface area contributed by atoms with E-state index in [4.69, 9.17) is 4.74 Å². The van der Waals surface area contributed by atoms with Crippen LogP contribution in [-0.2, 0) is 16.1 Å². The topological polar surface area (TPSA) is 60.2 Å². The molecular formula is C16H22N4O2. The van der Waals surface area contributed by atoms with Crippen LogP contribution < -0.4 is 0 Å². The number of aromatic nitrogens is 3. The molecule has 0 amide bonds. The summed E-state index contributed by atoms with van der Waals surface area (Å²) < 4.78 is 7.06. The first kappa shape index (κ1) is 15.0. The minimum Gasteiger partial charge on any atom is -0.466 e. The lowest BCUT2D eigenvalue weighted by Gasteiger charge is -2.22. The molecule has 118 valence electrons. The molecule has 1 aromatic heterocycles. The van der Waals surface area contributed by atoms with E-state index in [1.54, 1.807) is 0 Å². The van der Waals surface area contributed by atoms with Gasteiger partial charge in [0.25, 0.3) is 0 Å². The number of hydrogen-bond acceptors (Lipinski definition) is 5. The van der Waals surface area contributed by atoms with Crippen molar-refractivity contribution >= 4 is 17.0 Å². The lowest BCUT2D eigenvalue weighted by Crippen LogP contribution is -2.35. The molecule has 0 spiro atoms. The van der Waals surface area contributed by atoms with Crippen LogP contribution in [0.1, 0.15) is 19.8 Å². The third-order valence-corrected chi connectivity index (χ3v) is 4.11. The van der Waals surface area contributed by atoms with E-state index in [-0.39, 0.29) is 11.9 Å². The molecule has 0 bridgehead atoms. The van der Waals surface area contributed by atoms with E-state index in [0.717, 1.165) is 30.7 Å². The van der Waals surface area contributed by atoms with Crippen molar-refractivity contribution in [2.45, 2.75) is 26.3 Å². The standard InChI is InChI=1S/C16H22N4O2/c1-2-22-16(21)13(11-19-9-5-6-10-19)12-20-15-8-4-3-7-14(15)17-18-20/h3-4,7-8,13H,2,5-6,9-12H2,1H3. The number of esters is 1. The molecule has 2 heterocycles. The first-order chi connectivity index (χ1) is 10.8. The van der Waals surface area contributed by atoms with Gasteiger partial charge in [0.2, 0.25) is 0 Å². The summed E-state index contributed by atoms with van der Waals surface area (Å²) >= 11 is 0. The summed E-state index contributed by atoms with van der Waals surface area (Å²) in [6.07, 6.45) is 2.42. The third-order valence-electron chi connectivity index (χ3n) is 4.11. The molecule has 0 N–H and O–H groups in total. The van der Waals surface area contributed by atoms with E-state index in [9.17, 15) is 4.79 Å². The Kier molecular flexibility index (Phi) is 4.68. The highest BCUT2D eigenvalue weighted by Crippen LogP contribution is 2.16. The number of carbonyl (C=O) groups excluding carboxylic acids is 1. The Morgan fingerprint density at radius 1 is 1.27 bits per heavy atom. The Morgan fingerprint density at radius 3 is 2.82 bits per heavy atom. The Hall–Kier alpha value is -1.95. The van der Waals surface area contributed by atoms with Gasteiger partial charge in [0, 0.05) is 6.54 Å². The van der Waals surface area contributed by atoms with Gasteiger partial charge in [0.15, 0.2) is 0 Å². The summed E-state index contributed by atoms with van der Waals surface area (Å²) in [4.78, 5) is 14.6. The van der Waals surface area contributed by atoms with E-state index >= 15 is 0 Å². The number of fused-ring (bicyclic) bond motifs is 1. The van der Waals surface area contributed by atoms with Gasteiger partial charge in [-0.25, -0.2) is 4.68 Å². The third kappa shape index (κ3) is 3.27. The average Bonchev–Trinajstić information content (AvgIpc) is 3.17. The van der Waals surface area contributed by atoms with Crippen molar-refractivity contribution < 1.29 is 9.53 Å². The van der Waals surface area contributed by atoms with Gasteiger partial charge in [0.1, 0.15) is 5.52 Å². The summed E-state index contributed by atoms with van der Waals surface area (Å²) in [5.41, 5.74) is 1.81. The quantitative estimate of drug-likeness (QED) is 0.760. The SMILES string of the molecule is CCOC(=O)C(CN1CCCC1)Cn1nnc2ccccc21. The number of hydrogen-bond donors (Lipinski definition) is 0. The van der Waals surface area contributed by atoms with Crippen LogP contribution in [0.15, 0.2) is 24.3 Å². The predicted octanol–water partition coefficient (Wildman–Crippen LogP) is 1.71. The van der Waals surface area contributed by atoms with Gasteiger partial charge in [-0.15, -0.1) is 5.10 Å². The maximum atomic E-state index is 12.3. The summed E-state index contributed by atoms with van der Waals surface area (Å²) in [6.45, 7) is 5.62. The number of para-hydroxylation sites is 1. The Bertz CT molecular complexity index is 634. The fourth-order valence-electron chi connectivity index (χ4n) is 3.00. The summed E-state index contributed by atoms with van der Waals surface area (Å²) in [5.74, 6) is -0.350. The minimum absolute atomic E-state index is 0.144. The molecule has 3 rings (SSSR count). The molecule has 2 aromatic rings. The summed E-state index contributed by atoms with van der Waals surface area (Å²) in [5, 5.41) is 8.35. The van der Waals surface area contributed by atoms with Crippen LogP contribution in [-0.4, -0.2) is 52.1 Å². The zero-order chi connectivity index (χ0) is 15.4. The lowest BCUT2D eigenvalue weighted by atomic mass is 10.1. The Morgan fingerprint density at radius 2 is 2.05 bits per heavy atom. The van der Waals surface area contributed by atoms with Gasteiger partial charge >= 0.3 is 5.97 Å². The predicted molar refractivity (Wildman–Crippen MR) is 83.3 cm³/mol. The minimum atomic E-state index is -0.205. The molecule has 6 heteroatoms. The van der Waals surface area contributed by atoms with Crippen molar-refractivity contribution in [2.75, 3.05) is 26.2 Å². The van der Waals surface area contributed by atoms with Crippen LogP contribution in [0.25, 0.3) is 11.0 Å². The first-order valence-electron chi connectivity index (χ1n) is 7.95. The normalized spacial score (nSPS) is 17.0. The number of likely N-dealkylation sites (tertiary alicyclic amines) is 1. The van der Waals surface area contributed by atoms with Gasteiger partial charge in [-0.1, -0.05) is 17.3 Å². The van der Waals surface area contributed by atoms with Crippen LogP contribution in [0.5, 0.6) is 0 Å². The lowest BCUT2D eigenvalue weighted by molar-refractivity contribution is -0.149. The molecule has 1 saturated heterocycles. The fraction of sp³-hybridized carbons (Fsp3) is 0.562. The molecule has 0 aliphatic carbocycles. The van der Waals surface area contributed by atoms with E-state index in [1.807, 2.05) is 35.9 Å². The van der Waals surface area contributed by atoms with Gasteiger partial charge in [0.05, 0.1) is 24.6 Å². The van der Waals surface area contributed by atoms with Crippen molar-refractivity contribution in [1.82, 2.24) is 19.9 Å². The van der Waals surface area contributed by atoms with Crippen molar-refractivity contribution in [3.05, 3.63) is 24.3 Å². The van der Waals surface area contributed by atoms with Crippen LogP contribution in [0.4, 0.5) is 0 Å². The molecule has 1 fully saturated rings. The highest BCUT2D eigenvalue weighted by molar-refractivity contribution is 5.75. The number of carbonyl (C=O) groups is 1. The zero-order valence-electron chi connectivity index (χ0n) is 12.9. The van der Waals surface area contributed by atoms with E-state index in [2.05, 4.69) is 15.2 Å². The highest BCUT2D eigenvalue weighted by atomic mass is 16.5. The molecule has 0 saturated carbocycles. The molecule has 0 radical (unpaired) electrons. The summed E-state index contributed by atoms with van der Waals surface area (Å²) in [6, 6.07) is 7.81. The number of nitrogens with zero attached hydrogens (tertiary/aromatic N) is 4. The zero-order valence-corrected chi connectivity index (χ0v) is 12.9. The summed E-state index contributed by atoms with van der Waals surface area (Å²) in [7, 11) is 0. The van der Waals surface area contributed by atoms with E-state index in [0.29, 0.717) is 13.2 Å². The second-order valence-electron chi connectivity index (χ2n) is 5.72. The molecule has 1 unspecified atom stereocenters. The van der Waals surface area contributed by atoms with E-state index < -0.39 is 0 Å². The molecular weight excluding hydrogens is 280 g/mol. The number of rotatable bonds is 6. The van der Waals surface area contributed by atoms with Crippen molar-refractivity contribution in [3.63, 3.8) is 0 Å². The largest absolute Gasteiger partial charge is 0.466 e. The Balaban J connectivity index is 1.77. The Labute approximate surface area is 130 Å². The average molecular weight is 302 g/mol. The van der Waals surface area contributed by atoms with Crippen molar-refractivity contribution in [3.8, 4) is 0 Å². The first-order valence-corrected chi connectivity index (χ1v) is 7.95. The van der Waals surface area contributed by atoms with Gasteiger partial charge in [-0.3, -0.25) is 4.79 Å². The number of benzene rings is 1. The molecule has 1 aliphatic rings.